The third-order valence-corrected chi connectivity index (χ3v) is 4.24. The molecule has 2 aromatic rings. The summed E-state index contributed by atoms with van der Waals surface area (Å²) >= 11 is 5.83. The summed E-state index contributed by atoms with van der Waals surface area (Å²) < 4.78 is 27.1. The monoisotopic (exact) mass is 293 g/mol. The fraction of sp³-hybridized carbons (Fsp3) is 0.250. The highest BCUT2D eigenvalue weighted by Gasteiger charge is 2.39. The molecule has 0 aromatic heterocycles. The third kappa shape index (κ3) is 2.32. The normalized spacial score (nSPS) is 16.8. The highest BCUT2D eigenvalue weighted by atomic mass is 35.5. The lowest BCUT2D eigenvalue weighted by Gasteiger charge is -2.43. The van der Waals surface area contributed by atoms with Crippen molar-refractivity contribution in [2.24, 2.45) is 0 Å². The molecular formula is C16H14ClF2N. The molecular weight excluding hydrogens is 280 g/mol. The van der Waals surface area contributed by atoms with Crippen LogP contribution < -0.4 is 5.32 Å². The van der Waals surface area contributed by atoms with Crippen molar-refractivity contribution < 1.29 is 8.78 Å². The van der Waals surface area contributed by atoms with Crippen LogP contribution >= 0.6 is 11.6 Å². The lowest BCUT2D eigenvalue weighted by atomic mass is 9.71. The van der Waals surface area contributed by atoms with Gasteiger partial charge in [-0.25, -0.2) is 8.78 Å². The molecule has 1 aliphatic rings. The molecule has 0 amide bonds. The van der Waals surface area contributed by atoms with Gasteiger partial charge in [0.15, 0.2) is 0 Å². The van der Waals surface area contributed by atoms with Crippen molar-refractivity contribution in [2.45, 2.75) is 11.8 Å². The Labute approximate surface area is 121 Å². The van der Waals surface area contributed by atoms with Crippen LogP contribution in [0.25, 0.3) is 0 Å². The molecule has 1 fully saturated rings. The van der Waals surface area contributed by atoms with Crippen LogP contribution in [0.5, 0.6) is 0 Å². The zero-order valence-electron chi connectivity index (χ0n) is 10.8. The first-order valence-electron chi connectivity index (χ1n) is 6.50. The summed E-state index contributed by atoms with van der Waals surface area (Å²) in [4.78, 5) is 0. The first-order chi connectivity index (χ1) is 9.61. The first kappa shape index (κ1) is 13.5. The Morgan fingerprint density at radius 2 is 1.75 bits per heavy atom. The largest absolute Gasteiger partial charge is 0.315 e. The molecule has 1 nitrogen and oxygen atoms in total. The number of halogens is 3. The minimum atomic E-state index is -0.359. The van der Waals surface area contributed by atoms with E-state index >= 15 is 0 Å². The van der Waals surface area contributed by atoms with Crippen molar-refractivity contribution >= 4 is 11.6 Å². The van der Waals surface area contributed by atoms with Gasteiger partial charge in [-0.3, -0.25) is 0 Å². The van der Waals surface area contributed by atoms with Gasteiger partial charge in [-0.2, -0.15) is 0 Å². The van der Waals surface area contributed by atoms with Crippen molar-refractivity contribution in [2.75, 3.05) is 13.1 Å². The molecule has 0 unspecified atom stereocenters. The lowest BCUT2D eigenvalue weighted by Crippen LogP contribution is -2.58. The number of hydrogen-bond donors (Lipinski definition) is 1. The van der Waals surface area contributed by atoms with Crippen molar-refractivity contribution in [3.8, 4) is 0 Å². The smallest absolute Gasteiger partial charge is 0.145 e. The van der Waals surface area contributed by atoms with Gasteiger partial charge in [0, 0.05) is 18.5 Å². The van der Waals surface area contributed by atoms with Crippen LogP contribution in [0.4, 0.5) is 8.78 Å². The summed E-state index contributed by atoms with van der Waals surface area (Å²) in [5.74, 6) is -0.618. The SMILES string of the molecule is Fc1ccc(C2(Cc3cccc(Cl)c3F)CNC2)cc1. The predicted molar refractivity (Wildman–Crippen MR) is 76.1 cm³/mol. The van der Waals surface area contributed by atoms with Gasteiger partial charge in [-0.15, -0.1) is 0 Å². The molecule has 4 heteroatoms. The van der Waals surface area contributed by atoms with E-state index in [1.165, 1.54) is 12.1 Å². The molecule has 20 heavy (non-hydrogen) atoms. The van der Waals surface area contributed by atoms with Crippen LogP contribution in [-0.4, -0.2) is 13.1 Å². The van der Waals surface area contributed by atoms with Gasteiger partial charge in [-0.05, 0) is 35.7 Å². The Bertz CT molecular complexity index is 621. The number of benzene rings is 2. The van der Waals surface area contributed by atoms with Gasteiger partial charge in [0.25, 0.3) is 0 Å². The molecule has 0 radical (unpaired) electrons. The number of nitrogens with one attached hydrogen (secondary N) is 1. The maximum Gasteiger partial charge on any atom is 0.145 e. The molecule has 104 valence electrons. The first-order valence-corrected chi connectivity index (χ1v) is 6.88. The van der Waals surface area contributed by atoms with Crippen LogP contribution in [0.2, 0.25) is 5.02 Å². The quantitative estimate of drug-likeness (QED) is 0.910. The summed E-state index contributed by atoms with van der Waals surface area (Å²) in [5.41, 5.74) is 1.44. The molecule has 0 aliphatic carbocycles. The summed E-state index contributed by atoms with van der Waals surface area (Å²) in [6.45, 7) is 1.51. The Morgan fingerprint density at radius 3 is 2.35 bits per heavy atom. The second-order valence-electron chi connectivity index (χ2n) is 5.28. The van der Waals surface area contributed by atoms with Gasteiger partial charge in [-0.1, -0.05) is 35.9 Å². The maximum absolute atomic E-state index is 14.1. The van der Waals surface area contributed by atoms with Crippen LogP contribution in [0, 0.1) is 11.6 Å². The van der Waals surface area contributed by atoms with E-state index in [0.29, 0.717) is 12.0 Å². The van der Waals surface area contributed by atoms with E-state index in [1.807, 2.05) is 0 Å². The van der Waals surface area contributed by atoms with Gasteiger partial charge in [0.1, 0.15) is 11.6 Å². The molecule has 0 saturated carbocycles. The van der Waals surface area contributed by atoms with Crippen LogP contribution in [0.3, 0.4) is 0 Å². The molecule has 3 rings (SSSR count). The predicted octanol–water partition coefficient (Wildman–Crippen LogP) is 3.70. The van der Waals surface area contributed by atoms with Gasteiger partial charge >= 0.3 is 0 Å². The molecule has 0 spiro atoms. The molecule has 1 aliphatic heterocycles. The molecule has 1 N–H and O–H groups in total. The van der Waals surface area contributed by atoms with E-state index in [-0.39, 0.29) is 22.1 Å². The Balaban J connectivity index is 1.94. The number of rotatable bonds is 3. The van der Waals surface area contributed by atoms with E-state index in [4.69, 9.17) is 11.6 Å². The topological polar surface area (TPSA) is 12.0 Å². The van der Waals surface area contributed by atoms with Crippen LogP contribution in [0.1, 0.15) is 11.1 Å². The second kappa shape index (κ2) is 5.15. The zero-order chi connectivity index (χ0) is 14.2. The molecule has 1 saturated heterocycles. The van der Waals surface area contributed by atoms with Gasteiger partial charge < -0.3 is 5.32 Å². The second-order valence-corrected chi connectivity index (χ2v) is 5.69. The molecule has 0 atom stereocenters. The van der Waals surface area contributed by atoms with Gasteiger partial charge in [0.05, 0.1) is 5.02 Å². The van der Waals surface area contributed by atoms with E-state index < -0.39 is 0 Å². The molecule has 1 heterocycles. The summed E-state index contributed by atoms with van der Waals surface area (Å²) in [7, 11) is 0. The fourth-order valence-corrected chi connectivity index (χ4v) is 2.91. The van der Waals surface area contributed by atoms with Crippen LogP contribution in [0.15, 0.2) is 42.5 Å². The van der Waals surface area contributed by atoms with E-state index in [9.17, 15) is 8.78 Å². The summed E-state index contributed by atoms with van der Waals surface area (Å²) in [6.07, 6.45) is 0.554. The average molecular weight is 294 g/mol. The minimum Gasteiger partial charge on any atom is -0.315 e. The average Bonchev–Trinajstić information content (AvgIpc) is 2.40. The zero-order valence-corrected chi connectivity index (χ0v) is 11.6. The lowest BCUT2D eigenvalue weighted by molar-refractivity contribution is 0.272. The van der Waals surface area contributed by atoms with Crippen molar-refractivity contribution in [1.82, 2.24) is 5.32 Å². The fourth-order valence-electron chi connectivity index (χ4n) is 2.71. The van der Waals surface area contributed by atoms with Crippen molar-refractivity contribution in [1.29, 1.82) is 0 Å². The van der Waals surface area contributed by atoms with Crippen molar-refractivity contribution in [3.63, 3.8) is 0 Å². The van der Waals surface area contributed by atoms with E-state index in [1.54, 1.807) is 30.3 Å². The Morgan fingerprint density at radius 1 is 1.05 bits per heavy atom. The molecule has 0 bridgehead atoms. The maximum atomic E-state index is 14.1. The molecule has 2 aromatic carbocycles. The summed E-state index contributed by atoms with van der Waals surface area (Å²) in [6, 6.07) is 11.5. The highest BCUT2D eigenvalue weighted by molar-refractivity contribution is 6.30. The van der Waals surface area contributed by atoms with Gasteiger partial charge in [0.2, 0.25) is 0 Å². The van der Waals surface area contributed by atoms with Crippen LogP contribution in [-0.2, 0) is 11.8 Å². The third-order valence-electron chi connectivity index (χ3n) is 3.94. The van der Waals surface area contributed by atoms with Crippen molar-refractivity contribution in [3.05, 3.63) is 70.2 Å². The Hall–Kier alpha value is -1.45. The highest BCUT2D eigenvalue weighted by Crippen LogP contribution is 2.34. The standard InChI is InChI=1S/C16H14ClF2N/c17-14-3-1-2-11(15(14)19)8-16(9-20-10-16)12-4-6-13(18)7-5-12/h1-7,20H,8-10H2. The van der Waals surface area contributed by atoms with E-state index in [2.05, 4.69) is 5.32 Å². The number of hydrogen-bond acceptors (Lipinski definition) is 1. The minimum absolute atomic E-state index is 0.143. The van der Waals surface area contributed by atoms with E-state index in [0.717, 1.165) is 18.7 Å². The Kier molecular flexibility index (Phi) is 3.48. The summed E-state index contributed by atoms with van der Waals surface area (Å²) in [5, 5.41) is 3.36.